The summed E-state index contributed by atoms with van der Waals surface area (Å²) in [5.74, 6) is 1.21. The molecule has 0 spiro atoms. The van der Waals surface area contributed by atoms with Crippen LogP contribution in [0.2, 0.25) is 0 Å². The Morgan fingerprint density at radius 1 is 1.47 bits per heavy atom. The third-order valence-corrected chi connectivity index (χ3v) is 3.28. The molecule has 1 aliphatic rings. The quantitative estimate of drug-likeness (QED) is 0.863. The van der Waals surface area contributed by atoms with Crippen LogP contribution in [0.15, 0.2) is 4.52 Å². The molecular weight excluding hydrogens is 220 g/mol. The fraction of sp³-hybridized carbons (Fsp3) is 0.833. The average Bonchev–Trinajstić information content (AvgIpc) is 2.74. The summed E-state index contributed by atoms with van der Waals surface area (Å²) in [5.41, 5.74) is -0.880. The van der Waals surface area contributed by atoms with E-state index in [0.717, 1.165) is 12.8 Å². The Balaban J connectivity index is 2.04. The second-order valence-corrected chi connectivity index (χ2v) is 4.93. The summed E-state index contributed by atoms with van der Waals surface area (Å²) in [6.45, 7) is 5.91. The smallest absolute Gasteiger partial charge is 0.229 e. The Hall–Kier alpha value is -0.940. The molecule has 1 aromatic heterocycles. The van der Waals surface area contributed by atoms with Gasteiger partial charge in [0.05, 0.1) is 18.6 Å². The third-order valence-electron chi connectivity index (χ3n) is 3.28. The monoisotopic (exact) mass is 240 g/mol. The Morgan fingerprint density at radius 2 is 2.24 bits per heavy atom. The highest BCUT2D eigenvalue weighted by atomic mass is 16.5. The molecule has 5 nitrogen and oxygen atoms in total. The first kappa shape index (κ1) is 12.5. The number of aromatic nitrogens is 2. The van der Waals surface area contributed by atoms with E-state index >= 15 is 0 Å². The minimum Gasteiger partial charge on any atom is -0.387 e. The van der Waals surface area contributed by atoms with Gasteiger partial charge in [0.2, 0.25) is 5.89 Å². The maximum atomic E-state index is 10.5. The third kappa shape index (κ3) is 2.66. The van der Waals surface area contributed by atoms with Crippen molar-refractivity contribution < 1.29 is 14.4 Å². The molecule has 1 N–H and O–H groups in total. The SMILES string of the molecule is CCCc1noc(CC2(O)CC(C)OC2C)n1. The minimum atomic E-state index is -0.880. The van der Waals surface area contributed by atoms with Crippen LogP contribution in [0.5, 0.6) is 0 Å². The first-order chi connectivity index (χ1) is 8.03. The number of ether oxygens (including phenoxy) is 1. The lowest BCUT2D eigenvalue weighted by Gasteiger charge is -2.23. The fourth-order valence-electron chi connectivity index (χ4n) is 2.35. The normalized spacial score (nSPS) is 33.2. The van der Waals surface area contributed by atoms with Crippen molar-refractivity contribution in [2.24, 2.45) is 0 Å². The van der Waals surface area contributed by atoms with Crippen molar-refractivity contribution in [3.8, 4) is 0 Å². The zero-order valence-electron chi connectivity index (χ0n) is 10.6. The highest BCUT2D eigenvalue weighted by Crippen LogP contribution is 2.32. The molecule has 1 aromatic rings. The number of rotatable bonds is 4. The molecule has 3 unspecified atom stereocenters. The summed E-state index contributed by atoms with van der Waals surface area (Å²) < 4.78 is 10.7. The Bertz CT molecular complexity index is 380. The van der Waals surface area contributed by atoms with Crippen molar-refractivity contribution in [3.05, 3.63) is 11.7 Å². The predicted molar refractivity (Wildman–Crippen MR) is 61.6 cm³/mol. The van der Waals surface area contributed by atoms with Gasteiger partial charge in [-0.05, 0) is 20.3 Å². The van der Waals surface area contributed by atoms with Crippen LogP contribution in [0, 0.1) is 0 Å². The predicted octanol–water partition coefficient (Wildman–Crippen LogP) is 1.49. The van der Waals surface area contributed by atoms with Crippen molar-refractivity contribution in [3.63, 3.8) is 0 Å². The number of nitrogens with zero attached hydrogens (tertiary/aromatic N) is 2. The second kappa shape index (κ2) is 4.74. The van der Waals surface area contributed by atoms with Gasteiger partial charge in [0.15, 0.2) is 5.82 Å². The van der Waals surface area contributed by atoms with Crippen LogP contribution in [0.4, 0.5) is 0 Å². The topological polar surface area (TPSA) is 68.4 Å². The largest absolute Gasteiger partial charge is 0.387 e. The van der Waals surface area contributed by atoms with Crippen LogP contribution < -0.4 is 0 Å². The Morgan fingerprint density at radius 3 is 2.82 bits per heavy atom. The molecule has 0 aliphatic carbocycles. The number of hydrogen-bond donors (Lipinski definition) is 1. The van der Waals surface area contributed by atoms with E-state index in [1.807, 2.05) is 13.8 Å². The van der Waals surface area contributed by atoms with Gasteiger partial charge >= 0.3 is 0 Å². The lowest BCUT2D eigenvalue weighted by atomic mass is 9.91. The standard InChI is InChI=1S/C12H20N2O3/c1-4-5-10-13-11(17-14-10)7-12(15)6-8(2)16-9(12)3/h8-9,15H,4-7H2,1-3H3. The first-order valence-corrected chi connectivity index (χ1v) is 6.23. The van der Waals surface area contributed by atoms with E-state index in [9.17, 15) is 5.11 Å². The van der Waals surface area contributed by atoms with Crippen LogP contribution in [0.25, 0.3) is 0 Å². The highest BCUT2D eigenvalue weighted by molar-refractivity contribution is 5.00. The maximum Gasteiger partial charge on any atom is 0.229 e. The molecule has 2 rings (SSSR count). The fourth-order valence-corrected chi connectivity index (χ4v) is 2.35. The molecule has 96 valence electrons. The molecule has 5 heteroatoms. The van der Waals surface area contributed by atoms with Crippen molar-refractivity contribution in [2.75, 3.05) is 0 Å². The van der Waals surface area contributed by atoms with Crippen LogP contribution in [-0.4, -0.2) is 33.1 Å². The van der Waals surface area contributed by atoms with Gasteiger partial charge in [-0.3, -0.25) is 0 Å². The average molecular weight is 240 g/mol. The van der Waals surface area contributed by atoms with Crippen LogP contribution in [0.3, 0.4) is 0 Å². The summed E-state index contributed by atoms with van der Waals surface area (Å²) in [5, 5.41) is 14.4. The van der Waals surface area contributed by atoms with Gasteiger partial charge in [-0.25, -0.2) is 0 Å². The van der Waals surface area contributed by atoms with Crippen molar-refractivity contribution >= 4 is 0 Å². The molecule has 2 heterocycles. The van der Waals surface area contributed by atoms with E-state index in [-0.39, 0.29) is 12.2 Å². The van der Waals surface area contributed by atoms with E-state index in [2.05, 4.69) is 17.1 Å². The summed E-state index contributed by atoms with van der Waals surface area (Å²) in [6, 6.07) is 0. The Kier molecular flexibility index (Phi) is 3.49. The number of aryl methyl sites for hydroxylation is 1. The van der Waals surface area contributed by atoms with E-state index in [1.54, 1.807) is 0 Å². The van der Waals surface area contributed by atoms with Crippen LogP contribution >= 0.6 is 0 Å². The molecule has 17 heavy (non-hydrogen) atoms. The molecular formula is C12H20N2O3. The molecule has 0 aromatic carbocycles. The first-order valence-electron chi connectivity index (χ1n) is 6.23. The molecule has 1 aliphatic heterocycles. The van der Waals surface area contributed by atoms with E-state index in [0.29, 0.717) is 24.6 Å². The van der Waals surface area contributed by atoms with E-state index in [4.69, 9.17) is 9.26 Å². The van der Waals surface area contributed by atoms with E-state index < -0.39 is 5.60 Å². The van der Waals surface area contributed by atoms with Gasteiger partial charge in [-0.1, -0.05) is 12.1 Å². The molecule has 0 amide bonds. The van der Waals surface area contributed by atoms with Gasteiger partial charge in [0.1, 0.15) is 5.60 Å². The number of hydrogen-bond acceptors (Lipinski definition) is 5. The zero-order valence-corrected chi connectivity index (χ0v) is 10.6. The van der Waals surface area contributed by atoms with Crippen LogP contribution in [0.1, 0.15) is 45.3 Å². The van der Waals surface area contributed by atoms with E-state index in [1.165, 1.54) is 0 Å². The summed E-state index contributed by atoms with van der Waals surface area (Å²) >= 11 is 0. The Labute approximate surface area is 101 Å². The molecule has 3 atom stereocenters. The second-order valence-electron chi connectivity index (χ2n) is 4.93. The summed E-state index contributed by atoms with van der Waals surface area (Å²) in [7, 11) is 0. The van der Waals surface area contributed by atoms with Crippen molar-refractivity contribution in [1.29, 1.82) is 0 Å². The van der Waals surface area contributed by atoms with Crippen LogP contribution in [-0.2, 0) is 17.6 Å². The molecule has 0 bridgehead atoms. The zero-order chi connectivity index (χ0) is 12.5. The molecule has 1 saturated heterocycles. The summed E-state index contributed by atoms with van der Waals surface area (Å²) in [6.07, 6.45) is 2.66. The van der Waals surface area contributed by atoms with Crippen molar-refractivity contribution in [1.82, 2.24) is 10.1 Å². The lowest BCUT2D eigenvalue weighted by Crippen LogP contribution is -2.38. The van der Waals surface area contributed by atoms with Gasteiger partial charge < -0.3 is 14.4 Å². The van der Waals surface area contributed by atoms with Crippen molar-refractivity contribution in [2.45, 2.75) is 64.3 Å². The highest BCUT2D eigenvalue weighted by Gasteiger charge is 2.44. The summed E-state index contributed by atoms with van der Waals surface area (Å²) in [4.78, 5) is 4.27. The molecule has 0 radical (unpaired) electrons. The molecule has 0 saturated carbocycles. The molecule has 1 fully saturated rings. The van der Waals surface area contributed by atoms with Gasteiger partial charge in [-0.15, -0.1) is 0 Å². The van der Waals surface area contributed by atoms with Gasteiger partial charge in [-0.2, -0.15) is 4.98 Å². The maximum absolute atomic E-state index is 10.5. The lowest BCUT2D eigenvalue weighted by molar-refractivity contribution is -0.0385. The number of aliphatic hydroxyl groups is 1. The minimum absolute atomic E-state index is 0.0769. The van der Waals surface area contributed by atoms with Gasteiger partial charge in [0.25, 0.3) is 0 Å². The van der Waals surface area contributed by atoms with Gasteiger partial charge in [0, 0.05) is 12.8 Å².